The minimum Gasteiger partial charge on any atom is -0.481 e. The molecule has 2 aromatic carbocycles. The fourth-order valence-electron chi connectivity index (χ4n) is 2.09. The van der Waals surface area contributed by atoms with Gasteiger partial charge in [-0.25, -0.2) is 0 Å². The summed E-state index contributed by atoms with van der Waals surface area (Å²) in [5.41, 5.74) is 0. The Labute approximate surface area is 119 Å². The number of ether oxygens (including phenoxy) is 1. The van der Waals surface area contributed by atoms with E-state index in [2.05, 4.69) is 11.4 Å². The molecule has 0 unspecified atom stereocenters. The third-order valence-corrected chi connectivity index (χ3v) is 3.21. The molecule has 20 heavy (non-hydrogen) atoms. The largest absolute Gasteiger partial charge is 0.481 e. The van der Waals surface area contributed by atoms with Crippen molar-refractivity contribution in [1.29, 1.82) is 0 Å². The van der Waals surface area contributed by atoms with Crippen LogP contribution >= 0.6 is 0 Å². The molecule has 0 radical (unpaired) electrons. The van der Waals surface area contributed by atoms with Crippen LogP contribution in [0.1, 0.15) is 26.7 Å². The van der Waals surface area contributed by atoms with Gasteiger partial charge in [0.15, 0.2) is 6.10 Å². The van der Waals surface area contributed by atoms with Crippen molar-refractivity contribution in [2.45, 2.75) is 32.8 Å². The molecule has 1 amide bonds. The molecule has 3 nitrogen and oxygen atoms in total. The molecule has 0 spiro atoms. The first-order chi connectivity index (χ1) is 9.74. The number of benzene rings is 2. The Morgan fingerprint density at radius 2 is 1.90 bits per heavy atom. The van der Waals surface area contributed by atoms with Gasteiger partial charge in [0.1, 0.15) is 5.75 Å². The average Bonchev–Trinajstić information content (AvgIpc) is 2.50. The quantitative estimate of drug-likeness (QED) is 0.873. The SMILES string of the molecule is CCCNC(=O)[C@H](CC)Oc1ccc2ccccc2c1. The second-order valence-corrected chi connectivity index (χ2v) is 4.81. The van der Waals surface area contributed by atoms with Crippen LogP contribution in [0.15, 0.2) is 42.5 Å². The zero-order valence-corrected chi connectivity index (χ0v) is 12.1. The summed E-state index contributed by atoms with van der Waals surface area (Å²) in [7, 11) is 0. The topological polar surface area (TPSA) is 38.3 Å². The maximum atomic E-state index is 12.0. The summed E-state index contributed by atoms with van der Waals surface area (Å²) < 4.78 is 5.82. The van der Waals surface area contributed by atoms with E-state index in [9.17, 15) is 4.79 Å². The van der Waals surface area contributed by atoms with Gasteiger partial charge in [0.25, 0.3) is 5.91 Å². The van der Waals surface area contributed by atoms with E-state index in [1.165, 1.54) is 5.39 Å². The fourth-order valence-corrected chi connectivity index (χ4v) is 2.09. The van der Waals surface area contributed by atoms with Crippen molar-refractivity contribution < 1.29 is 9.53 Å². The van der Waals surface area contributed by atoms with Gasteiger partial charge in [-0.2, -0.15) is 0 Å². The molecule has 0 aliphatic carbocycles. The Morgan fingerprint density at radius 1 is 1.15 bits per heavy atom. The molecule has 1 N–H and O–H groups in total. The highest BCUT2D eigenvalue weighted by atomic mass is 16.5. The standard InChI is InChI=1S/C17H21NO2/c1-3-11-18-17(19)16(4-2)20-15-10-9-13-7-5-6-8-14(13)12-15/h5-10,12,16H,3-4,11H2,1-2H3,(H,18,19)/t16-/m0/s1. The van der Waals surface area contributed by atoms with Crippen LogP contribution in [-0.2, 0) is 4.79 Å². The minimum atomic E-state index is -0.428. The van der Waals surface area contributed by atoms with Crippen LogP contribution < -0.4 is 10.1 Å². The number of carbonyl (C=O) groups is 1. The van der Waals surface area contributed by atoms with Gasteiger partial charge in [-0.05, 0) is 35.7 Å². The Hall–Kier alpha value is -2.03. The zero-order valence-electron chi connectivity index (χ0n) is 12.1. The smallest absolute Gasteiger partial charge is 0.261 e. The van der Waals surface area contributed by atoms with Crippen molar-refractivity contribution in [3.05, 3.63) is 42.5 Å². The van der Waals surface area contributed by atoms with Crippen LogP contribution in [0.3, 0.4) is 0 Å². The first-order valence-corrected chi connectivity index (χ1v) is 7.17. The molecule has 0 fully saturated rings. The summed E-state index contributed by atoms with van der Waals surface area (Å²) >= 11 is 0. The lowest BCUT2D eigenvalue weighted by molar-refractivity contribution is -0.128. The van der Waals surface area contributed by atoms with Gasteiger partial charge in [0, 0.05) is 6.54 Å². The molecule has 0 heterocycles. The van der Waals surface area contributed by atoms with Gasteiger partial charge in [-0.15, -0.1) is 0 Å². The summed E-state index contributed by atoms with van der Waals surface area (Å²) in [6.07, 6.45) is 1.16. The van der Waals surface area contributed by atoms with Gasteiger partial charge in [0.05, 0.1) is 0 Å². The van der Waals surface area contributed by atoms with Gasteiger partial charge < -0.3 is 10.1 Å². The third kappa shape index (κ3) is 3.50. The summed E-state index contributed by atoms with van der Waals surface area (Å²) in [4.78, 5) is 12.0. The molecule has 0 aliphatic heterocycles. The summed E-state index contributed by atoms with van der Waals surface area (Å²) in [6.45, 7) is 4.68. The average molecular weight is 271 g/mol. The van der Waals surface area contributed by atoms with Gasteiger partial charge >= 0.3 is 0 Å². The van der Waals surface area contributed by atoms with E-state index in [0.29, 0.717) is 13.0 Å². The number of amides is 1. The molecule has 0 saturated heterocycles. The van der Waals surface area contributed by atoms with Crippen LogP contribution in [0.4, 0.5) is 0 Å². The van der Waals surface area contributed by atoms with Crippen molar-refractivity contribution in [1.82, 2.24) is 5.32 Å². The third-order valence-electron chi connectivity index (χ3n) is 3.21. The maximum Gasteiger partial charge on any atom is 0.261 e. The van der Waals surface area contributed by atoms with Gasteiger partial charge in [-0.1, -0.05) is 44.2 Å². The second kappa shape index (κ2) is 6.94. The van der Waals surface area contributed by atoms with Crippen molar-refractivity contribution in [3.63, 3.8) is 0 Å². The predicted octanol–water partition coefficient (Wildman–Crippen LogP) is 3.52. The number of nitrogens with one attached hydrogen (secondary N) is 1. The first-order valence-electron chi connectivity index (χ1n) is 7.17. The Bertz CT molecular complexity index is 580. The molecular formula is C17H21NO2. The number of hydrogen-bond donors (Lipinski definition) is 1. The van der Waals surface area contributed by atoms with Crippen LogP contribution in [-0.4, -0.2) is 18.6 Å². The molecule has 0 aromatic heterocycles. The van der Waals surface area contributed by atoms with Crippen molar-refractivity contribution in [3.8, 4) is 5.75 Å². The minimum absolute atomic E-state index is 0.0393. The van der Waals surface area contributed by atoms with Gasteiger partial charge in [-0.3, -0.25) is 4.79 Å². The van der Waals surface area contributed by atoms with E-state index in [0.717, 1.165) is 17.6 Å². The van der Waals surface area contributed by atoms with Crippen LogP contribution in [0.5, 0.6) is 5.75 Å². The lowest BCUT2D eigenvalue weighted by Crippen LogP contribution is -2.38. The molecule has 106 valence electrons. The monoisotopic (exact) mass is 271 g/mol. The normalized spacial score (nSPS) is 12.1. The lowest BCUT2D eigenvalue weighted by atomic mass is 10.1. The van der Waals surface area contributed by atoms with Crippen LogP contribution in [0.25, 0.3) is 10.8 Å². The molecule has 3 heteroatoms. The zero-order chi connectivity index (χ0) is 14.4. The van der Waals surface area contributed by atoms with Crippen molar-refractivity contribution >= 4 is 16.7 Å². The van der Waals surface area contributed by atoms with E-state index in [-0.39, 0.29) is 5.91 Å². The molecule has 2 rings (SSSR count). The Balaban J connectivity index is 2.10. The van der Waals surface area contributed by atoms with Crippen molar-refractivity contribution in [2.75, 3.05) is 6.54 Å². The highest BCUT2D eigenvalue weighted by Gasteiger charge is 2.17. The first kappa shape index (κ1) is 14.4. The summed E-state index contributed by atoms with van der Waals surface area (Å²) in [5.74, 6) is 0.699. The highest BCUT2D eigenvalue weighted by molar-refractivity contribution is 5.84. The van der Waals surface area contributed by atoms with E-state index in [4.69, 9.17) is 4.74 Å². The lowest BCUT2D eigenvalue weighted by Gasteiger charge is -2.17. The molecule has 1 atom stereocenters. The van der Waals surface area contributed by atoms with E-state index >= 15 is 0 Å². The molecular weight excluding hydrogens is 250 g/mol. The number of rotatable bonds is 6. The number of carbonyl (C=O) groups excluding carboxylic acids is 1. The number of hydrogen-bond acceptors (Lipinski definition) is 2. The molecule has 2 aromatic rings. The predicted molar refractivity (Wildman–Crippen MR) is 82.0 cm³/mol. The molecule has 0 bridgehead atoms. The Morgan fingerprint density at radius 3 is 2.60 bits per heavy atom. The van der Waals surface area contributed by atoms with E-state index in [1.807, 2.05) is 50.2 Å². The molecule has 0 saturated carbocycles. The Kier molecular flexibility index (Phi) is 4.99. The van der Waals surface area contributed by atoms with Crippen LogP contribution in [0, 0.1) is 0 Å². The van der Waals surface area contributed by atoms with E-state index in [1.54, 1.807) is 0 Å². The van der Waals surface area contributed by atoms with Crippen LogP contribution in [0.2, 0.25) is 0 Å². The maximum absolute atomic E-state index is 12.0. The van der Waals surface area contributed by atoms with Gasteiger partial charge in [0.2, 0.25) is 0 Å². The summed E-state index contributed by atoms with van der Waals surface area (Å²) in [5, 5.41) is 5.17. The second-order valence-electron chi connectivity index (χ2n) is 4.81. The highest BCUT2D eigenvalue weighted by Crippen LogP contribution is 2.21. The summed E-state index contributed by atoms with van der Waals surface area (Å²) in [6, 6.07) is 14.0. The fraction of sp³-hybridized carbons (Fsp3) is 0.353. The van der Waals surface area contributed by atoms with Crippen molar-refractivity contribution in [2.24, 2.45) is 0 Å². The molecule has 0 aliphatic rings. The number of fused-ring (bicyclic) bond motifs is 1. The van der Waals surface area contributed by atoms with E-state index < -0.39 is 6.10 Å².